The predicted octanol–water partition coefficient (Wildman–Crippen LogP) is 4.56. The summed E-state index contributed by atoms with van der Waals surface area (Å²) in [5, 5.41) is 0.766. The Morgan fingerprint density at radius 3 is 2.63 bits per heavy atom. The molecule has 19 heavy (non-hydrogen) atoms. The molecule has 0 N–H and O–H groups in total. The third-order valence-corrected chi connectivity index (χ3v) is 3.22. The number of para-hydroxylation sites is 2. The molecule has 3 aromatic rings. The number of methoxy groups -OCH3 is 1. The summed E-state index contributed by atoms with van der Waals surface area (Å²) in [6, 6.07) is 12.6. The maximum absolute atomic E-state index is 13.8. The van der Waals surface area contributed by atoms with E-state index in [0.717, 1.165) is 22.3 Å². The van der Waals surface area contributed by atoms with Gasteiger partial charge in [-0.25, -0.2) is 4.39 Å². The van der Waals surface area contributed by atoms with Crippen LogP contribution in [-0.2, 0) is 0 Å². The quantitative estimate of drug-likeness (QED) is 0.670. The van der Waals surface area contributed by atoms with E-state index in [1.165, 1.54) is 6.07 Å². The Labute approximate surface area is 110 Å². The van der Waals surface area contributed by atoms with Gasteiger partial charge in [0.1, 0.15) is 11.5 Å². The monoisotopic (exact) mass is 256 g/mol. The number of halogens is 1. The van der Waals surface area contributed by atoms with E-state index in [4.69, 9.17) is 9.15 Å². The van der Waals surface area contributed by atoms with Gasteiger partial charge in [0.05, 0.1) is 7.11 Å². The lowest BCUT2D eigenvalue weighted by Crippen LogP contribution is -1.87. The molecule has 0 amide bonds. The topological polar surface area (TPSA) is 22.4 Å². The first-order valence-corrected chi connectivity index (χ1v) is 6.03. The second kappa shape index (κ2) is 4.43. The van der Waals surface area contributed by atoms with E-state index in [9.17, 15) is 4.39 Å². The van der Waals surface area contributed by atoms with Crippen molar-refractivity contribution in [1.82, 2.24) is 0 Å². The average Bonchev–Trinajstić information content (AvgIpc) is 2.76. The number of fused-ring (bicyclic) bond motifs is 1. The summed E-state index contributed by atoms with van der Waals surface area (Å²) >= 11 is 0. The largest absolute Gasteiger partial charge is 0.496 e. The Bertz CT molecular complexity index is 744. The fourth-order valence-corrected chi connectivity index (χ4v) is 2.39. The zero-order valence-electron chi connectivity index (χ0n) is 10.7. The van der Waals surface area contributed by atoms with E-state index in [2.05, 4.69) is 0 Å². The summed E-state index contributed by atoms with van der Waals surface area (Å²) < 4.78 is 24.7. The third kappa shape index (κ3) is 1.78. The summed E-state index contributed by atoms with van der Waals surface area (Å²) in [4.78, 5) is 0. The molecule has 2 nitrogen and oxygen atoms in total. The highest BCUT2D eigenvalue weighted by atomic mass is 19.1. The standard InChI is InChI=1S/C16H13FO2/c1-10-15(11-6-3-4-9-14(11)18-2)12-7-5-8-13(17)16(12)19-10/h3-9H,1-2H3. The van der Waals surface area contributed by atoms with E-state index >= 15 is 0 Å². The molecular weight excluding hydrogens is 243 g/mol. The minimum Gasteiger partial charge on any atom is -0.496 e. The molecule has 0 unspecified atom stereocenters. The van der Waals surface area contributed by atoms with Crippen molar-refractivity contribution in [2.24, 2.45) is 0 Å². The Morgan fingerprint density at radius 1 is 1.05 bits per heavy atom. The van der Waals surface area contributed by atoms with Crippen LogP contribution in [-0.4, -0.2) is 7.11 Å². The van der Waals surface area contributed by atoms with E-state index in [1.54, 1.807) is 13.2 Å². The van der Waals surface area contributed by atoms with Crippen LogP contribution in [0.2, 0.25) is 0 Å². The smallest absolute Gasteiger partial charge is 0.170 e. The van der Waals surface area contributed by atoms with Gasteiger partial charge in [-0.2, -0.15) is 0 Å². The number of hydrogen-bond donors (Lipinski definition) is 0. The number of benzene rings is 2. The molecule has 0 saturated carbocycles. The van der Waals surface area contributed by atoms with Crippen LogP contribution in [0.3, 0.4) is 0 Å². The predicted molar refractivity (Wildman–Crippen MR) is 72.9 cm³/mol. The van der Waals surface area contributed by atoms with Gasteiger partial charge in [0, 0.05) is 16.5 Å². The Morgan fingerprint density at radius 2 is 1.84 bits per heavy atom. The molecule has 1 heterocycles. The molecule has 0 saturated heterocycles. The highest BCUT2D eigenvalue weighted by Gasteiger charge is 2.17. The maximum Gasteiger partial charge on any atom is 0.170 e. The van der Waals surface area contributed by atoms with Crippen molar-refractivity contribution >= 4 is 11.0 Å². The van der Waals surface area contributed by atoms with E-state index in [0.29, 0.717) is 11.3 Å². The van der Waals surface area contributed by atoms with Crippen LogP contribution >= 0.6 is 0 Å². The van der Waals surface area contributed by atoms with Crippen molar-refractivity contribution in [1.29, 1.82) is 0 Å². The lowest BCUT2D eigenvalue weighted by atomic mass is 10.0. The summed E-state index contributed by atoms with van der Waals surface area (Å²) in [5.41, 5.74) is 2.08. The van der Waals surface area contributed by atoms with Gasteiger partial charge >= 0.3 is 0 Å². The molecule has 3 rings (SSSR count). The van der Waals surface area contributed by atoms with Crippen LogP contribution in [0.15, 0.2) is 46.9 Å². The average molecular weight is 256 g/mol. The summed E-state index contributed by atoms with van der Waals surface area (Å²) in [6.45, 7) is 1.83. The lowest BCUT2D eigenvalue weighted by Gasteiger charge is -2.07. The maximum atomic E-state index is 13.8. The molecule has 0 fully saturated rings. The van der Waals surface area contributed by atoms with Crippen molar-refractivity contribution in [2.45, 2.75) is 6.92 Å². The van der Waals surface area contributed by atoms with Crippen LogP contribution in [0.4, 0.5) is 4.39 Å². The molecule has 0 spiro atoms. The van der Waals surface area contributed by atoms with Gasteiger partial charge in [0.2, 0.25) is 0 Å². The highest BCUT2D eigenvalue weighted by Crippen LogP contribution is 2.39. The van der Waals surface area contributed by atoms with Crippen LogP contribution in [0.5, 0.6) is 5.75 Å². The highest BCUT2D eigenvalue weighted by molar-refractivity contribution is 5.97. The van der Waals surface area contributed by atoms with Crippen molar-refractivity contribution < 1.29 is 13.5 Å². The van der Waals surface area contributed by atoms with Gasteiger partial charge < -0.3 is 9.15 Å². The lowest BCUT2D eigenvalue weighted by molar-refractivity contribution is 0.416. The summed E-state index contributed by atoms with van der Waals surface area (Å²) in [7, 11) is 1.62. The first-order valence-electron chi connectivity index (χ1n) is 6.03. The summed E-state index contributed by atoms with van der Waals surface area (Å²) in [6.07, 6.45) is 0. The fraction of sp³-hybridized carbons (Fsp3) is 0.125. The second-order valence-corrected chi connectivity index (χ2v) is 4.35. The minimum absolute atomic E-state index is 0.293. The Balaban J connectivity index is 2.37. The van der Waals surface area contributed by atoms with Gasteiger partial charge in [-0.1, -0.05) is 30.3 Å². The third-order valence-electron chi connectivity index (χ3n) is 3.22. The zero-order valence-corrected chi connectivity index (χ0v) is 10.7. The van der Waals surface area contributed by atoms with Crippen molar-refractivity contribution in [3.63, 3.8) is 0 Å². The van der Waals surface area contributed by atoms with Crippen LogP contribution in [0, 0.1) is 12.7 Å². The normalized spacial score (nSPS) is 10.9. The number of ether oxygens (including phenoxy) is 1. The Kier molecular flexibility index (Phi) is 2.75. The number of furan rings is 1. The molecule has 0 aliphatic carbocycles. The molecule has 0 aliphatic heterocycles. The van der Waals surface area contributed by atoms with Crippen LogP contribution in [0.25, 0.3) is 22.1 Å². The number of hydrogen-bond acceptors (Lipinski definition) is 2. The molecule has 1 aromatic heterocycles. The van der Waals surface area contributed by atoms with E-state index < -0.39 is 0 Å². The number of rotatable bonds is 2. The fourth-order valence-electron chi connectivity index (χ4n) is 2.39. The van der Waals surface area contributed by atoms with E-state index in [1.807, 2.05) is 37.3 Å². The molecular formula is C16H13FO2. The molecule has 0 bridgehead atoms. The van der Waals surface area contributed by atoms with Gasteiger partial charge in [0.15, 0.2) is 11.4 Å². The van der Waals surface area contributed by atoms with Gasteiger partial charge in [-0.3, -0.25) is 0 Å². The molecule has 0 atom stereocenters. The van der Waals surface area contributed by atoms with Crippen molar-refractivity contribution in [3.05, 3.63) is 54.0 Å². The van der Waals surface area contributed by atoms with E-state index in [-0.39, 0.29) is 5.82 Å². The number of aryl methyl sites for hydroxylation is 1. The molecule has 96 valence electrons. The zero-order chi connectivity index (χ0) is 13.4. The first-order chi connectivity index (χ1) is 9.22. The van der Waals surface area contributed by atoms with Gasteiger partial charge in [-0.05, 0) is 19.1 Å². The van der Waals surface area contributed by atoms with Gasteiger partial charge in [0.25, 0.3) is 0 Å². The van der Waals surface area contributed by atoms with Crippen LogP contribution in [0.1, 0.15) is 5.76 Å². The Hall–Kier alpha value is -2.29. The first kappa shape index (κ1) is 11.8. The molecule has 3 heteroatoms. The van der Waals surface area contributed by atoms with Crippen molar-refractivity contribution in [3.8, 4) is 16.9 Å². The second-order valence-electron chi connectivity index (χ2n) is 4.35. The van der Waals surface area contributed by atoms with Gasteiger partial charge in [-0.15, -0.1) is 0 Å². The summed E-state index contributed by atoms with van der Waals surface area (Å²) in [5.74, 6) is 1.09. The minimum atomic E-state index is -0.346. The van der Waals surface area contributed by atoms with Crippen LogP contribution < -0.4 is 4.74 Å². The molecule has 0 radical (unpaired) electrons. The molecule has 2 aromatic carbocycles. The SMILES string of the molecule is COc1ccccc1-c1c(C)oc2c(F)cccc12. The molecule has 0 aliphatic rings. The van der Waals surface area contributed by atoms with Crippen molar-refractivity contribution in [2.75, 3.05) is 7.11 Å².